The lowest BCUT2D eigenvalue weighted by Crippen LogP contribution is -2.56. The molecule has 0 aliphatic carbocycles. The molecule has 2 aromatic rings. The van der Waals surface area contributed by atoms with Gasteiger partial charge < -0.3 is 29.3 Å². The van der Waals surface area contributed by atoms with Crippen LogP contribution >= 0.6 is 0 Å². The highest BCUT2D eigenvalue weighted by Crippen LogP contribution is 2.64. The number of amides is 3. The van der Waals surface area contributed by atoms with E-state index in [2.05, 4.69) is 13.2 Å². The van der Waals surface area contributed by atoms with Gasteiger partial charge in [0.2, 0.25) is 11.8 Å². The number of unbranched alkanes of at least 4 members (excludes halogenated alkanes) is 2. The zero-order chi connectivity index (χ0) is 32.9. The third-order valence-corrected chi connectivity index (χ3v) is 10.1. The number of methoxy groups -OCH3 is 1. The number of fused-ring (bicyclic) bond motifs is 1. The van der Waals surface area contributed by atoms with Crippen molar-refractivity contribution in [2.75, 3.05) is 38.3 Å². The molecular weight excluding hydrogens is 582 g/mol. The van der Waals surface area contributed by atoms with E-state index in [1.165, 1.54) is 0 Å². The number of aliphatic hydroxyl groups is 1. The van der Waals surface area contributed by atoms with E-state index in [0.29, 0.717) is 69.6 Å². The Morgan fingerprint density at radius 3 is 2.37 bits per heavy atom. The second kappa shape index (κ2) is 14.2. The molecule has 1 N–H and O–H groups in total. The zero-order valence-electron chi connectivity index (χ0n) is 27.1. The van der Waals surface area contributed by atoms with Crippen molar-refractivity contribution in [1.82, 2.24) is 9.80 Å². The lowest BCUT2D eigenvalue weighted by atomic mass is 9.64. The Morgan fingerprint density at radius 2 is 1.74 bits per heavy atom. The molecule has 1 spiro atoms. The van der Waals surface area contributed by atoms with Crippen molar-refractivity contribution < 1.29 is 29.0 Å². The van der Waals surface area contributed by atoms with Crippen LogP contribution in [0.3, 0.4) is 0 Å². The van der Waals surface area contributed by atoms with Gasteiger partial charge in [0.05, 0.1) is 24.5 Å². The summed E-state index contributed by atoms with van der Waals surface area (Å²) < 4.78 is 12.4. The lowest BCUT2D eigenvalue weighted by Gasteiger charge is -2.37. The molecule has 2 bridgehead atoms. The van der Waals surface area contributed by atoms with Gasteiger partial charge in [-0.3, -0.25) is 14.4 Å². The Bertz CT molecular complexity index is 1410. The summed E-state index contributed by atoms with van der Waals surface area (Å²) in [5, 5.41) is 9.39. The number of hydrogen-bond acceptors (Lipinski definition) is 6. The summed E-state index contributed by atoms with van der Waals surface area (Å²) in [7, 11) is 1.59. The molecule has 9 heteroatoms. The van der Waals surface area contributed by atoms with Crippen LogP contribution in [-0.4, -0.2) is 83.2 Å². The minimum atomic E-state index is -1.14. The fourth-order valence-electron chi connectivity index (χ4n) is 7.93. The molecule has 0 radical (unpaired) electrons. The maximum atomic E-state index is 14.8. The Morgan fingerprint density at radius 1 is 1.02 bits per heavy atom. The van der Waals surface area contributed by atoms with Gasteiger partial charge in [0, 0.05) is 38.5 Å². The van der Waals surface area contributed by atoms with E-state index in [-0.39, 0.29) is 30.9 Å². The molecule has 3 fully saturated rings. The van der Waals surface area contributed by atoms with Crippen molar-refractivity contribution >= 4 is 23.4 Å². The summed E-state index contributed by atoms with van der Waals surface area (Å²) in [6, 6.07) is 16.1. The molecular formula is C37H47N3O6. The van der Waals surface area contributed by atoms with Crippen LogP contribution in [0, 0.1) is 11.8 Å². The van der Waals surface area contributed by atoms with Crippen LogP contribution < -0.4 is 9.64 Å². The second-order valence-electron chi connectivity index (χ2n) is 12.6. The first-order chi connectivity index (χ1) is 22.3. The first-order valence-corrected chi connectivity index (χ1v) is 16.4. The van der Waals surface area contributed by atoms with Crippen LogP contribution in [0.2, 0.25) is 0 Å². The van der Waals surface area contributed by atoms with Crippen LogP contribution in [0.15, 0.2) is 79.9 Å². The van der Waals surface area contributed by atoms with Crippen LogP contribution in [-0.2, 0) is 25.7 Å². The van der Waals surface area contributed by atoms with Crippen molar-refractivity contribution in [3.05, 3.63) is 85.5 Å². The van der Waals surface area contributed by atoms with E-state index < -0.39 is 29.1 Å². The summed E-state index contributed by atoms with van der Waals surface area (Å²) in [5.74, 6) is -1.45. The standard InChI is InChI=1S/C37H47N3O6/c1-5-22-38(26-27-14-10-8-11-15-27)33(42)30-31-34(43)40(24-12-9-13-25-41)32(37(31)21-20-36(30,7-3)46-37)35(44)39(23-6-2)28-16-18-29(45-4)19-17-28/h5-6,8,10-11,14-19,30-32,41H,1-2,7,9,12-13,20-26H2,3-4H3/t30-,31-,32?,36+,37?/m0/s1. The fraction of sp³-hybridized carbons (Fsp3) is 0.486. The smallest absolute Gasteiger partial charge is 0.253 e. The van der Waals surface area contributed by atoms with Crippen LogP contribution in [0.4, 0.5) is 5.69 Å². The summed E-state index contributed by atoms with van der Waals surface area (Å²) in [6.07, 6.45) is 6.96. The van der Waals surface area contributed by atoms with Crippen molar-refractivity contribution in [2.24, 2.45) is 11.8 Å². The highest BCUT2D eigenvalue weighted by Gasteiger charge is 2.79. The van der Waals surface area contributed by atoms with Gasteiger partial charge in [-0.05, 0) is 68.4 Å². The predicted molar refractivity (Wildman–Crippen MR) is 177 cm³/mol. The SMILES string of the molecule is C=CCN(Cc1ccccc1)C(=O)[C@@H]1[C@H]2C(=O)N(CCCCCO)C(C(=O)N(CC=C)c3ccc(OC)cc3)C23CC[C@@]1(CC)O3. The average Bonchev–Trinajstić information content (AvgIpc) is 3.68. The van der Waals surface area contributed by atoms with E-state index in [9.17, 15) is 19.5 Å². The topological polar surface area (TPSA) is 99.6 Å². The molecule has 3 heterocycles. The lowest BCUT2D eigenvalue weighted by molar-refractivity contribution is -0.151. The van der Waals surface area contributed by atoms with E-state index in [4.69, 9.17) is 9.47 Å². The number of likely N-dealkylation sites (tertiary alicyclic amines) is 1. The number of aliphatic hydroxyl groups excluding tert-OH is 1. The maximum absolute atomic E-state index is 14.8. The van der Waals surface area contributed by atoms with Gasteiger partial charge in [-0.15, -0.1) is 13.2 Å². The quantitative estimate of drug-likeness (QED) is 0.213. The number of nitrogens with zero attached hydrogens (tertiary/aromatic N) is 3. The normalized spacial score (nSPS) is 26.1. The largest absolute Gasteiger partial charge is 0.497 e. The van der Waals surface area contributed by atoms with Gasteiger partial charge in [0.15, 0.2) is 0 Å². The minimum Gasteiger partial charge on any atom is -0.497 e. The summed E-state index contributed by atoms with van der Waals surface area (Å²) in [4.78, 5) is 49.2. The van der Waals surface area contributed by atoms with Gasteiger partial charge >= 0.3 is 0 Å². The van der Waals surface area contributed by atoms with Gasteiger partial charge in [0.1, 0.15) is 17.4 Å². The van der Waals surface area contributed by atoms with E-state index in [1.54, 1.807) is 46.1 Å². The van der Waals surface area contributed by atoms with Gasteiger partial charge in [-0.25, -0.2) is 0 Å². The number of hydrogen-bond donors (Lipinski definition) is 1. The molecule has 9 nitrogen and oxygen atoms in total. The van der Waals surface area contributed by atoms with Crippen molar-refractivity contribution in [2.45, 2.75) is 69.2 Å². The maximum Gasteiger partial charge on any atom is 0.253 e. The highest BCUT2D eigenvalue weighted by atomic mass is 16.5. The fourth-order valence-corrected chi connectivity index (χ4v) is 7.93. The Hall–Kier alpha value is -3.95. The van der Waals surface area contributed by atoms with E-state index in [0.717, 1.165) is 5.56 Å². The molecule has 0 aromatic heterocycles. The Labute approximate surface area is 272 Å². The molecule has 3 aliphatic heterocycles. The summed E-state index contributed by atoms with van der Waals surface area (Å²) in [5.41, 5.74) is -0.347. The van der Waals surface area contributed by atoms with Crippen molar-refractivity contribution in [1.29, 1.82) is 0 Å². The number of carbonyl (C=O) groups is 3. The third kappa shape index (κ3) is 5.86. The molecule has 2 aromatic carbocycles. The Kier molecular flexibility index (Phi) is 10.3. The number of rotatable bonds is 16. The predicted octanol–water partition coefficient (Wildman–Crippen LogP) is 4.75. The third-order valence-electron chi connectivity index (χ3n) is 10.1. The molecule has 46 heavy (non-hydrogen) atoms. The zero-order valence-corrected chi connectivity index (χ0v) is 27.1. The molecule has 3 saturated heterocycles. The molecule has 5 rings (SSSR count). The number of anilines is 1. The van der Waals surface area contributed by atoms with Gasteiger partial charge in [0.25, 0.3) is 5.91 Å². The number of carbonyl (C=O) groups excluding carboxylic acids is 3. The van der Waals surface area contributed by atoms with Crippen LogP contribution in [0.1, 0.15) is 51.0 Å². The van der Waals surface area contributed by atoms with Crippen LogP contribution in [0.25, 0.3) is 0 Å². The van der Waals surface area contributed by atoms with Gasteiger partial charge in [-0.2, -0.15) is 0 Å². The second-order valence-corrected chi connectivity index (χ2v) is 12.6. The Balaban J connectivity index is 1.56. The van der Waals surface area contributed by atoms with Crippen LogP contribution in [0.5, 0.6) is 5.75 Å². The molecule has 0 saturated carbocycles. The molecule has 3 aliphatic rings. The van der Waals surface area contributed by atoms with E-state index in [1.807, 2.05) is 49.4 Å². The molecule has 2 unspecified atom stereocenters. The number of ether oxygens (including phenoxy) is 2. The molecule has 3 amide bonds. The first kappa shape index (κ1) is 33.4. The summed E-state index contributed by atoms with van der Waals surface area (Å²) in [6.45, 7) is 11.2. The minimum absolute atomic E-state index is 0.0622. The highest BCUT2D eigenvalue weighted by molar-refractivity contribution is 6.05. The number of benzene rings is 2. The van der Waals surface area contributed by atoms with E-state index >= 15 is 0 Å². The summed E-state index contributed by atoms with van der Waals surface area (Å²) >= 11 is 0. The van der Waals surface area contributed by atoms with Gasteiger partial charge in [-0.1, -0.05) is 49.4 Å². The average molecular weight is 630 g/mol. The first-order valence-electron chi connectivity index (χ1n) is 16.4. The van der Waals surface area contributed by atoms with Crippen molar-refractivity contribution in [3.63, 3.8) is 0 Å². The van der Waals surface area contributed by atoms with Crippen molar-refractivity contribution in [3.8, 4) is 5.75 Å². The molecule has 246 valence electrons. The molecule has 5 atom stereocenters. The monoisotopic (exact) mass is 629 g/mol.